The number of ketones is 1. The molecule has 1 aromatic carbocycles. The average molecular weight is 356 g/mol. The topological polar surface area (TPSA) is 47.2 Å². The van der Waals surface area contributed by atoms with Crippen LogP contribution in [-0.4, -0.2) is 20.4 Å². The lowest BCUT2D eigenvalue weighted by Gasteiger charge is -2.13. The zero-order chi connectivity index (χ0) is 17.8. The summed E-state index contributed by atoms with van der Waals surface area (Å²) in [5, 5.41) is 1.10. The van der Waals surface area contributed by atoms with Crippen molar-refractivity contribution in [1.82, 2.24) is 9.55 Å². The van der Waals surface area contributed by atoms with Crippen LogP contribution in [0.5, 0.6) is 0 Å². The van der Waals surface area contributed by atoms with Crippen LogP contribution in [-0.2, 0) is 10.5 Å². The molecule has 1 aliphatic heterocycles. The maximum Gasteiger partial charge on any atom is 0.157 e. The minimum Gasteiger partial charge on any atom is -0.325 e. The second-order valence-corrected chi connectivity index (χ2v) is 7.78. The van der Waals surface area contributed by atoms with Crippen LogP contribution in [0.4, 0.5) is 0 Å². The minimum atomic E-state index is 0.189. The lowest BCUT2D eigenvalue weighted by atomic mass is 10.1. The highest BCUT2D eigenvalue weighted by Gasteiger charge is 2.14. The lowest BCUT2D eigenvalue weighted by molar-refractivity contribution is -0.114. The smallest absolute Gasteiger partial charge is 0.157 e. The first-order valence-corrected chi connectivity index (χ1v) is 9.90. The van der Waals surface area contributed by atoms with Crippen LogP contribution in [0.2, 0.25) is 0 Å². The van der Waals surface area contributed by atoms with E-state index in [-0.39, 0.29) is 5.78 Å². The summed E-state index contributed by atoms with van der Waals surface area (Å²) in [5.41, 5.74) is 3.04. The summed E-state index contributed by atoms with van der Waals surface area (Å²) in [6.45, 7) is 6.30. The molecule has 0 spiro atoms. The van der Waals surface area contributed by atoms with Crippen molar-refractivity contribution in [1.29, 1.82) is 0 Å². The number of rotatable bonds is 3. The number of carbonyl (C=O) groups excluding carboxylic acids is 1. The number of nitrogens with zero attached hydrogens (tertiary/aromatic N) is 3. The van der Waals surface area contributed by atoms with Crippen molar-refractivity contribution >= 4 is 33.6 Å². The van der Waals surface area contributed by atoms with Crippen molar-refractivity contribution in [2.45, 2.75) is 58.2 Å². The summed E-state index contributed by atoms with van der Waals surface area (Å²) in [5.74, 6) is 2.07. The van der Waals surface area contributed by atoms with E-state index >= 15 is 0 Å². The van der Waals surface area contributed by atoms with Gasteiger partial charge in [-0.1, -0.05) is 12.1 Å². The van der Waals surface area contributed by atoms with Crippen LogP contribution in [0, 0.1) is 0 Å². The van der Waals surface area contributed by atoms with Crippen LogP contribution in [0.15, 0.2) is 41.0 Å². The van der Waals surface area contributed by atoms with Crippen LogP contribution < -0.4 is 0 Å². The number of allylic oxidation sites excluding steroid dienone is 2. The Morgan fingerprint density at radius 3 is 2.76 bits per heavy atom. The molecule has 0 amide bonds. The first-order chi connectivity index (χ1) is 12.0. The van der Waals surface area contributed by atoms with Crippen molar-refractivity contribution in [3.63, 3.8) is 0 Å². The normalized spacial score (nSPS) is 18.5. The highest BCUT2D eigenvalue weighted by atomic mass is 32.2. The third-order valence-electron chi connectivity index (χ3n) is 4.29. The van der Waals surface area contributed by atoms with E-state index in [1.165, 1.54) is 5.52 Å². The zero-order valence-corrected chi connectivity index (χ0v) is 16.0. The van der Waals surface area contributed by atoms with Gasteiger partial charge in [-0.05, 0) is 52.2 Å². The van der Waals surface area contributed by atoms with Crippen molar-refractivity contribution in [3.05, 3.63) is 41.9 Å². The Kier molecular flexibility index (Phi) is 5.74. The van der Waals surface area contributed by atoms with Gasteiger partial charge in [-0.25, -0.2) is 4.98 Å². The van der Waals surface area contributed by atoms with E-state index in [0.717, 1.165) is 47.1 Å². The van der Waals surface area contributed by atoms with Crippen LogP contribution in [0.25, 0.3) is 11.0 Å². The summed E-state index contributed by atoms with van der Waals surface area (Å²) in [4.78, 5) is 21.2. The predicted molar refractivity (Wildman–Crippen MR) is 106 cm³/mol. The largest absolute Gasteiger partial charge is 0.325 e. The second kappa shape index (κ2) is 8.00. The number of aromatic nitrogens is 2. The molecule has 0 fully saturated rings. The van der Waals surface area contributed by atoms with Gasteiger partial charge in [0.25, 0.3) is 0 Å². The average Bonchev–Trinajstić information content (AvgIpc) is 2.96. The third kappa shape index (κ3) is 4.40. The molecule has 0 radical (unpaired) electrons. The van der Waals surface area contributed by atoms with E-state index in [2.05, 4.69) is 41.6 Å². The van der Waals surface area contributed by atoms with E-state index in [0.29, 0.717) is 12.5 Å². The molecule has 0 saturated heterocycles. The van der Waals surface area contributed by atoms with E-state index < -0.39 is 0 Å². The highest BCUT2D eigenvalue weighted by Crippen LogP contribution is 2.26. The molecule has 0 aliphatic carbocycles. The first-order valence-electron chi connectivity index (χ1n) is 8.92. The molecule has 0 unspecified atom stereocenters. The molecular weight excluding hydrogens is 330 g/mol. The van der Waals surface area contributed by atoms with Crippen molar-refractivity contribution < 1.29 is 4.79 Å². The number of hydrogen-bond donors (Lipinski definition) is 0. The first kappa shape index (κ1) is 17.9. The fraction of sp³-hybridized carbons (Fsp3) is 0.450. The maximum atomic E-state index is 11.7. The predicted octanol–water partition coefficient (Wildman–Crippen LogP) is 5.30. The van der Waals surface area contributed by atoms with Gasteiger partial charge in [-0.3, -0.25) is 9.79 Å². The van der Waals surface area contributed by atoms with Crippen LogP contribution >= 0.6 is 11.8 Å². The molecule has 1 aromatic heterocycles. The molecule has 3 rings (SSSR count). The number of hydrogen-bond acceptors (Lipinski definition) is 4. The number of imidazole rings is 1. The number of aliphatic imine (C=N–C) groups is 1. The Morgan fingerprint density at radius 2 is 1.96 bits per heavy atom. The molecule has 0 atom stereocenters. The van der Waals surface area contributed by atoms with E-state index in [1.54, 1.807) is 17.8 Å². The molecule has 2 heterocycles. The molecule has 2 aromatic rings. The Hall–Kier alpha value is -1.88. The number of para-hydroxylation sites is 2. The molecule has 1 aliphatic rings. The Labute approximate surface area is 153 Å². The van der Waals surface area contributed by atoms with E-state index in [4.69, 9.17) is 4.98 Å². The standard InChI is InChI=1S/C20H25N3OS/c1-14(2)23-18-10-6-5-9-17(18)22-19(23)13-25-20-11-7-4-8-16(24)12-15(3)21-20/h5-6,9-10,12,14H,4,7-8,11,13H2,1-3H3/b15-12-,21-20?. The van der Waals surface area contributed by atoms with Gasteiger partial charge in [0, 0.05) is 24.2 Å². The third-order valence-corrected chi connectivity index (χ3v) is 5.32. The molecular formula is C20H25N3OS. The molecule has 4 nitrogen and oxygen atoms in total. The maximum absolute atomic E-state index is 11.7. The van der Waals surface area contributed by atoms with Gasteiger partial charge in [-0.15, -0.1) is 11.8 Å². The van der Waals surface area contributed by atoms with Gasteiger partial charge in [-0.2, -0.15) is 0 Å². The van der Waals surface area contributed by atoms with E-state index in [1.807, 2.05) is 13.0 Å². The molecule has 0 saturated carbocycles. The van der Waals surface area contributed by atoms with Gasteiger partial charge in [0.05, 0.1) is 21.8 Å². The summed E-state index contributed by atoms with van der Waals surface area (Å²) in [7, 11) is 0. The van der Waals surface area contributed by atoms with Gasteiger partial charge in [0.15, 0.2) is 5.78 Å². The van der Waals surface area contributed by atoms with Crippen molar-refractivity contribution in [2.75, 3.05) is 0 Å². The summed E-state index contributed by atoms with van der Waals surface area (Å²) in [6.07, 6.45) is 5.19. The molecule has 5 heteroatoms. The van der Waals surface area contributed by atoms with Crippen molar-refractivity contribution in [2.24, 2.45) is 4.99 Å². The Bertz CT molecular complexity index is 833. The van der Waals surface area contributed by atoms with Crippen LogP contribution in [0.3, 0.4) is 0 Å². The molecule has 25 heavy (non-hydrogen) atoms. The van der Waals surface area contributed by atoms with E-state index in [9.17, 15) is 4.79 Å². The fourth-order valence-corrected chi connectivity index (χ4v) is 4.19. The number of thioether (sulfide) groups is 1. The van der Waals surface area contributed by atoms with Crippen LogP contribution in [0.1, 0.15) is 58.3 Å². The SMILES string of the molecule is C/C1=C/C(=O)CCCCC(SCc2nc3ccccc3n2C(C)C)=N1. The zero-order valence-electron chi connectivity index (χ0n) is 15.2. The monoisotopic (exact) mass is 355 g/mol. The number of carbonyl (C=O) groups is 1. The quantitative estimate of drug-likeness (QED) is 0.751. The minimum absolute atomic E-state index is 0.189. The Balaban J connectivity index is 1.83. The summed E-state index contributed by atoms with van der Waals surface area (Å²) < 4.78 is 2.31. The van der Waals surface area contributed by atoms with Gasteiger partial charge >= 0.3 is 0 Å². The molecule has 0 bridgehead atoms. The Morgan fingerprint density at radius 1 is 1.20 bits per heavy atom. The highest BCUT2D eigenvalue weighted by molar-refractivity contribution is 8.13. The number of fused-ring (bicyclic) bond motifs is 1. The van der Waals surface area contributed by atoms with Gasteiger partial charge in [0.2, 0.25) is 0 Å². The second-order valence-electron chi connectivity index (χ2n) is 6.73. The number of benzene rings is 1. The summed E-state index contributed by atoms with van der Waals surface area (Å²) in [6, 6.07) is 8.66. The molecule has 0 N–H and O–H groups in total. The van der Waals surface area contributed by atoms with Gasteiger partial charge < -0.3 is 4.57 Å². The summed E-state index contributed by atoms with van der Waals surface area (Å²) >= 11 is 1.75. The van der Waals surface area contributed by atoms with Gasteiger partial charge in [0.1, 0.15) is 5.82 Å². The lowest BCUT2D eigenvalue weighted by Crippen LogP contribution is -2.06. The van der Waals surface area contributed by atoms with Crippen molar-refractivity contribution in [3.8, 4) is 0 Å². The molecule has 132 valence electrons. The fourth-order valence-electron chi connectivity index (χ4n) is 3.19.